The van der Waals surface area contributed by atoms with E-state index in [9.17, 15) is 28.8 Å². The molecule has 4 N–H and O–H groups in total. The van der Waals surface area contributed by atoms with Crippen LogP contribution in [0.15, 0.2) is 48.5 Å². The van der Waals surface area contributed by atoms with Crippen molar-refractivity contribution < 1.29 is 47.7 Å². The van der Waals surface area contributed by atoms with Crippen LogP contribution >= 0.6 is 0 Å². The molecule has 0 aromatic heterocycles. The zero-order valence-electron chi connectivity index (χ0n) is 44.1. The Hall–Kier alpha value is -5.06. The van der Waals surface area contributed by atoms with E-state index in [1.807, 2.05) is 44.2 Å². The number of aldehydes is 1. The monoisotopic (exact) mass is 989 g/mol. The van der Waals surface area contributed by atoms with Gasteiger partial charge in [0.1, 0.15) is 17.8 Å². The number of carbonyl (C=O) groups is 6. The first-order valence-corrected chi connectivity index (χ1v) is 26.1. The average molecular weight is 989 g/mol. The molecule has 16 heteroatoms. The van der Waals surface area contributed by atoms with E-state index in [-0.39, 0.29) is 60.3 Å². The topological polar surface area (TPSA) is 199 Å². The molecule has 3 fully saturated rings. The van der Waals surface area contributed by atoms with Gasteiger partial charge in [-0.2, -0.15) is 0 Å². The Labute approximate surface area is 422 Å². The van der Waals surface area contributed by atoms with Crippen LogP contribution in [0.25, 0.3) is 0 Å². The second kappa shape index (κ2) is 27.1. The van der Waals surface area contributed by atoms with E-state index in [2.05, 4.69) is 36.3 Å². The number of nitrogens with two attached hydrogens (primary N) is 1. The molecule has 2 saturated heterocycles. The van der Waals surface area contributed by atoms with Gasteiger partial charge in [-0.25, -0.2) is 4.79 Å². The predicted molar refractivity (Wildman–Crippen MR) is 273 cm³/mol. The Kier molecular flexibility index (Phi) is 21.7. The number of hydrogen-bond acceptors (Lipinski definition) is 12. The number of nitrogens with zero attached hydrogens (tertiary/aromatic N) is 3. The number of hydrogen-bond donors (Lipinski definition) is 3. The Morgan fingerprint density at radius 1 is 0.915 bits per heavy atom. The van der Waals surface area contributed by atoms with E-state index >= 15 is 0 Å². The summed E-state index contributed by atoms with van der Waals surface area (Å²) in [5, 5.41) is 6.13. The maximum Gasteiger partial charge on any atom is 0.328 e. The second-order valence-corrected chi connectivity index (χ2v) is 20.6. The van der Waals surface area contributed by atoms with Gasteiger partial charge in [-0.3, -0.25) is 28.9 Å². The first-order valence-electron chi connectivity index (χ1n) is 26.1. The lowest BCUT2D eigenvalue weighted by Crippen LogP contribution is -2.60. The maximum atomic E-state index is 14.8. The summed E-state index contributed by atoms with van der Waals surface area (Å²) in [7, 11) is 6.15. The summed E-state index contributed by atoms with van der Waals surface area (Å²) in [4.78, 5) is 87.3. The van der Waals surface area contributed by atoms with Gasteiger partial charge in [0.2, 0.25) is 23.6 Å². The fourth-order valence-electron chi connectivity index (χ4n) is 11.6. The Balaban J connectivity index is 1.20. The number of likely N-dealkylation sites (tertiary alicyclic amines) is 2. The number of likely N-dealkylation sites (N-methyl/N-ethyl adjacent to an activating group) is 1. The number of piperidine rings is 1. The number of unbranched alkanes of at least 4 members (excludes halogenated alkanes) is 3. The minimum absolute atomic E-state index is 0.00671. The highest BCUT2D eigenvalue weighted by molar-refractivity contribution is 5.91. The summed E-state index contributed by atoms with van der Waals surface area (Å²) in [5.41, 5.74) is 7.65. The van der Waals surface area contributed by atoms with E-state index in [1.54, 1.807) is 49.1 Å². The first kappa shape index (κ1) is 56.8. The smallest absolute Gasteiger partial charge is 0.328 e. The molecule has 1 unspecified atom stereocenters. The number of carbonyl (C=O) groups excluding carboxylic acids is 6. The molecule has 4 amide bonds. The summed E-state index contributed by atoms with van der Waals surface area (Å²) in [6.07, 6.45) is 7.51. The number of anilines is 1. The lowest BCUT2D eigenvalue weighted by molar-refractivity contribution is -0.149. The van der Waals surface area contributed by atoms with E-state index in [1.165, 1.54) is 14.2 Å². The van der Waals surface area contributed by atoms with Crippen molar-refractivity contribution in [2.75, 3.05) is 53.8 Å². The number of amides is 4. The van der Waals surface area contributed by atoms with Gasteiger partial charge in [0.05, 0.1) is 56.4 Å². The maximum absolute atomic E-state index is 14.8. The zero-order valence-corrected chi connectivity index (χ0v) is 44.1. The number of nitrogen functional groups attached to an aromatic ring is 1. The van der Waals surface area contributed by atoms with Crippen LogP contribution in [0.3, 0.4) is 0 Å². The number of methoxy groups -OCH3 is 3. The zero-order chi connectivity index (χ0) is 51.9. The molecule has 2 aliphatic heterocycles. The van der Waals surface area contributed by atoms with Crippen LogP contribution in [-0.4, -0.2) is 147 Å². The normalized spacial score (nSPS) is 22.7. The number of fused-ring (bicyclic) bond motifs is 2. The molecule has 2 heterocycles. The quantitative estimate of drug-likeness (QED) is 0.0385. The van der Waals surface area contributed by atoms with Gasteiger partial charge >= 0.3 is 5.97 Å². The van der Waals surface area contributed by atoms with Gasteiger partial charge in [0.25, 0.3) is 0 Å². The fraction of sp³-hybridized carbons (Fsp3) is 0.673. The van der Waals surface area contributed by atoms with Crippen molar-refractivity contribution in [1.82, 2.24) is 25.3 Å². The van der Waals surface area contributed by atoms with Crippen LogP contribution in [0.1, 0.15) is 122 Å². The van der Waals surface area contributed by atoms with Crippen LogP contribution in [0.4, 0.5) is 5.69 Å². The first-order chi connectivity index (χ1) is 34.0. The lowest BCUT2D eigenvalue weighted by Gasteiger charge is -2.41. The number of ether oxygens (including phenoxy) is 4. The lowest BCUT2D eigenvalue weighted by atomic mass is 9.89. The van der Waals surface area contributed by atoms with Crippen molar-refractivity contribution in [3.05, 3.63) is 59.7 Å². The van der Waals surface area contributed by atoms with Crippen molar-refractivity contribution in [3.63, 3.8) is 0 Å². The van der Waals surface area contributed by atoms with Crippen LogP contribution < -0.4 is 21.1 Å². The molecule has 2 aromatic carbocycles. The second-order valence-electron chi connectivity index (χ2n) is 20.6. The Morgan fingerprint density at radius 2 is 1.63 bits per heavy atom. The molecule has 1 saturated carbocycles. The van der Waals surface area contributed by atoms with Gasteiger partial charge in [-0.15, -0.1) is 0 Å². The molecule has 2 bridgehead atoms. The SMILES string of the molecule is CC[C@H](C)[C@@H]([C@@H](CC(=O)N1CCC[C@H]1[C@H](OC)[C@@H](C)C(=O)N[C@@H](Cc1ccccc1)C(=O)OC)OC)N(C)C(=O)[C@@H](NC(=O)[C@@H]1[C@H]2CC[C@@H](C2C)N1CCCCCCOc1ccc(C=O)c(N)c1)C(C)C. The summed E-state index contributed by atoms with van der Waals surface area (Å²) in [5.74, 6) is -1.19. The molecular weight excluding hydrogens is 905 g/mol. The minimum atomic E-state index is -0.904. The van der Waals surface area contributed by atoms with Crippen molar-refractivity contribution in [2.45, 2.75) is 161 Å². The van der Waals surface area contributed by atoms with E-state index < -0.39 is 48.3 Å². The molecule has 2 aromatic rings. The molecule has 12 atom stereocenters. The van der Waals surface area contributed by atoms with Gasteiger partial charge in [-0.05, 0) is 86.4 Å². The van der Waals surface area contributed by atoms with Crippen molar-refractivity contribution in [3.8, 4) is 5.75 Å². The van der Waals surface area contributed by atoms with Crippen LogP contribution in [-0.2, 0) is 44.6 Å². The average Bonchev–Trinajstić information content (AvgIpc) is 4.07. The van der Waals surface area contributed by atoms with Gasteiger partial charge in [0, 0.05) is 57.6 Å². The van der Waals surface area contributed by atoms with E-state index in [0.717, 1.165) is 63.3 Å². The van der Waals surface area contributed by atoms with Crippen molar-refractivity contribution >= 4 is 41.6 Å². The van der Waals surface area contributed by atoms with E-state index in [4.69, 9.17) is 24.7 Å². The summed E-state index contributed by atoms with van der Waals surface area (Å²) >= 11 is 0. The van der Waals surface area contributed by atoms with Crippen LogP contribution in [0.2, 0.25) is 0 Å². The summed E-state index contributed by atoms with van der Waals surface area (Å²) < 4.78 is 23.0. The summed E-state index contributed by atoms with van der Waals surface area (Å²) in [6, 6.07) is 11.9. The van der Waals surface area contributed by atoms with Gasteiger partial charge in [-0.1, -0.05) is 91.1 Å². The molecule has 1 aliphatic carbocycles. The minimum Gasteiger partial charge on any atom is -0.494 e. The van der Waals surface area contributed by atoms with Crippen molar-refractivity contribution in [2.24, 2.45) is 29.6 Å². The molecular formula is C55H84N6O10. The highest BCUT2D eigenvalue weighted by Gasteiger charge is 2.54. The number of nitrogens with one attached hydrogen (secondary N) is 2. The van der Waals surface area contributed by atoms with Gasteiger partial charge < -0.3 is 45.1 Å². The third-order valence-corrected chi connectivity index (χ3v) is 15.9. The molecule has 16 nitrogen and oxygen atoms in total. The third-order valence-electron chi connectivity index (χ3n) is 15.9. The number of esters is 1. The number of rotatable bonds is 28. The highest BCUT2D eigenvalue weighted by atomic mass is 16.5. The molecule has 3 aliphatic rings. The van der Waals surface area contributed by atoms with E-state index in [0.29, 0.717) is 55.0 Å². The van der Waals surface area contributed by atoms with Crippen LogP contribution in [0.5, 0.6) is 5.75 Å². The van der Waals surface area contributed by atoms with Gasteiger partial charge in [0.15, 0.2) is 6.29 Å². The number of benzene rings is 2. The molecule has 394 valence electrons. The Morgan fingerprint density at radius 3 is 2.27 bits per heavy atom. The highest BCUT2D eigenvalue weighted by Crippen LogP contribution is 2.47. The largest absolute Gasteiger partial charge is 0.494 e. The molecule has 5 rings (SSSR count). The predicted octanol–water partition coefficient (Wildman–Crippen LogP) is 6.08. The van der Waals surface area contributed by atoms with Crippen LogP contribution in [0, 0.1) is 29.6 Å². The molecule has 0 radical (unpaired) electrons. The Bertz CT molecular complexity index is 2070. The van der Waals surface area contributed by atoms with Crippen molar-refractivity contribution in [1.29, 1.82) is 0 Å². The standard InChI is InChI=1S/C55H84N6O10/c1-11-35(4)49(46(68-8)32-47(63)60-28-19-22-45(60)51(69-9)37(6)52(64)57-43(55(67)70-10)30-38-20-15-14-16-21-38)59(7)54(66)48(34(2)3)58-53(65)50-41-25-26-44(36(41)5)61(50)27-17-12-13-18-29-71-40-24-23-39(33-62)42(56)31-40/h14-16,20-21,23-24,31,33-37,41,43-46,48-51H,11-13,17-19,22,25-30,32,56H2,1-10H3,(H,57,64)(H,58,65)/t35-,36?,37+,41-,43-,44-,45-,46+,48-,49-,50-,51+/m0/s1. The summed E-state index contributed by atoms with van der Waals surface area (Å²) in [6.45, 7) is 13.8. The fourth-order valence-corrected chi connectivity index (χ4v) is 11.6. The molecule has 0 spiro atoms. The molecule has 71 heavy (non-hydrogen) atoms. The third kappa shape index (κ3) is 14.1.